The molecular formula is C19H17N3O2S2. The standard InChI is InChI=1S/C19H17N3O2S2/c20-16(23)11-14-12-25-19(21-14)22-18(24)17(13-7-3-1-4-8-13)26-15-9-5-2-6-10-15/h1-10,12,17H,11H2,(H2,20,23)(H,21,22,24). The van der Waals surface area contributed by atoms with E-state index in [0.717, 1.165) is 10.5 Å². The van der Waals surface area contributed by atoms with Crippen LogP contribution in [0, 0.1) is 0 Å². The normalized spacial score (nSPS) is 11.7. The van der Waals surface area contributed by atoms with Crippen molar-refractivity contribution in [2.24, 2.45) is 5.73 Å². The molecule has 3 N–H and O–H groups in total. The second kappa shape index (κ2) is 8.64. The monoisotopic (exact) mass is 383 g/mol. The average Bonchev–Trinajstić information content (AvgIpc) is 3.07. The van der Waals surface area contributed by atoms with Crippen molar-refractivity contribution in [3.8, 4) is 0 Å². The summed E-state index contributed by atoms with van der Waals surface area (Å²) in [6.45, 7) is 0. The van der Waals surface area contributed by atoms with Gasteiger partial charge in [0.2, 0.25) is 11.8 Å². The number of carbonyl (C=O) groups is 2. The smallest absolute Gasteiger partial charge is 0.244 e. The highest BCUT2D eigenvalue weighted by atomic mass is 32.2. The van der Waals surface area contributed by atoms with Crippen LogP contribution in [0.25, 0.3) is 0 Å². The summed E-state index contributed by atoms with van der Waals surface area (Å²) < 4.78 is 0. The Kier molecular flexibility index (Phi) is 6.04. The average molecular weight is 383 g/mol. The maximum atomic E-state index is 12.9. The van der Waals surface area contributed by atoms with E-state index in [1.807, 2.05) is 60.7 Å². The van der Waals surface area contributed by atoms with Gasteiger partial charge in [-0.1, -0.05) is 48.5 Å². The minimum Gasteiger partial charge on any atom is -0.369 e. The number of aromatic nitrogens is 1. The Morgan fingerprint density at radius 2 is 1.73 bits per heavy atom. The molecule has 0 fully saturated rings. The molecule has 1 heterocycles. The van der Waals surface area contributed by atoms with Crippen LogP contribution < -0.4 is 11.1 Å². The number of hydrogen-bond donors (Lipinski definition) is 2. The summed E-state index contributed by atoms with van der Waals surface area (Å²) in [6.07, 6.45) is 0.0627. The lowest BCUT2D eigenvalue weighted by atomic mass is 10.1. The van der Waals surface area contributed by atoms with Crippen molar-refractivity contribution in [1.82, 2.24) is 4.98 Å². The predicted molar refractivity (Wildman–Crippen MR) is 105 cm³/mol. The molecule has 2 amide bonds. The molecule has 0 aliphatic heterocycles. The van der Waals surface area contributed by atoms with Crippen molar-refractivity contribution in [3.05, 3.63) is 77.3 Å². The quantitative estimate of drug-likeness (QED) is 0.610. The van der Waals surface area contributed by atoms with Gasteiger partial charge in [-0.25, -0.2) is 4.98 Å². The summed E-state index contributed by atoms with van der Waals surface area (Å²) in [7, 11) is 0. The van der Waals surface area contributed by atoms with Gasteiger partial charge in [0.1, 0.15) is 5.25 Å². The van der Waals surface area contributed by atoms with Crippen LogP contribution in [-0.4, -0.2) is 16.8 Å². The lowest BCUT2D eigenvalue weighted by Gasteiger charge is -2.16. The van der Waals surface area contributed by atoms with Crippen LogP contribution in [0.5, 0.6) is 0 Å². The number of thiazole rings is 1. The Hall–Kier alpha value is -2.64. The highest BCUT2D eigenvalue weighted by Gasteiger charge is 2.23. The zero-order valence-corrected chi connectivity index (χ0v) is 15.4. The van der Waals surface area contributed by atoms with Crippen LogP contribution in [0.2, 0.25) is 0 Å². The first-order valence-corrected chi connectivity index (χ1v) is 9.68. The van der Waals surface area contributed by atoms with Crippen LogP contribution in [0.15, 0.2) is 70.9 Å². The van der Waals surface area contributed by atoms with Crippen molar-refractivity contribution < 1.29 is 9.59 Å². The molecule has 7 heteroatoms. The third-order valence-electron chi connectivity index (χ3n) is 3.47. The van der Waals surface area contributed by atoms with Gasteiger partial charge in [0, 0.05) is 10.3 Å². The van der Waals surface area contributed by atoms with Gasteiger partial charge >= 0.3 is 0 Å². The maximum Gasteiger partial charge on any atom is 0.244 e. The van der Waals surface area contributed by atoms with E-state index in [2.05, 4.69) is 10.3 Å². The van der Waals surface area contributed by atoms with Gasteiger partial charge in [0.05, 0.1) is 12.1 Å². The van der Waals surface area contributed by atoms with E-state index in [1.165, 1.54) is 23.1 Å². The van der Waals surface area contributed by atoms with Crippen LogP contribution in [0.4, 0.5) is 5.13 Å². The number of nitrogens with one attached hydrogen (secondary N) is 1. The van der Waals surface area contributed by atoms with Crippen LogP contribution in [-0.2, 0) is 16.0 Å². The number of thioether (sulfide) groups is 1. The summed E-state index contributed by atoms with van der Waals surface area (Å²) in [5, 5.41) is 4.62. The Bertz CT molecular complexity index is 882. The van der Waals surface area contributed by atoms with Crippen LogP contribution in [0.1, 0.15) is 16.5 Å². The van der Waals surface area contributed by atoms with Gasteiger partial charge in [-0.3, -0.25) is 9.59 Å². The molecule has 0 saturated carbocycles. The fourth-order valence-electron chi connectivity index (χ4n) is 2.33. The Balaban J connectivity index is 1.78. The number of anilines is 1. The molecule has 5 nitrogen and oxygen atoms in total. The van der Waals surface area contributed by atoms with Gasteiger partial charge in [-0.2, -0.15) is 0 Å². The number of nitrogens with two attached hydrogens (primary N) is 1. The first kappa shape index (κ1) is 18.2. The third-order valence-corrected chi connectivity index (χ3v) is 5.55. The highest BCUT2D eigenvalue weighted by molar-refractivity contribution is 8.00. The Morgan fingerprint density at radius 3 is 2.38 bits per heavy atom. The van der Waals surface area contributed by atoms with Gasteiger partial charge in [0.15, 0.2) is 5.13 Å². The summed E-state index contributed by atoms with van der Waals surface area (Å²) >= 11 is 2.76. The van der Waals surface area contributed by atoms with Gasteiger partial charge in [0.25, 0.3) is 0 Å². The van der Waals surface area contributed by atoms with Crippen molar-refractivity contribution in [2.45, 2.75) is 16.6 Å². The minimum atomic E-state index is -0.449. The van der Waals surface area contributed by atoms with Crippen molar-refractivity contribution >= 4 is 40.0 Å². The topological polar surface area (TPSA) is 85.1 Å². The summed E-state index contributed by atoms with van der Waals surface area (Å²) in [4.78, 5) is 29.1. The van der Waals surface area contributed by atoms with E-state index in [1.54, 1.807) is 5.38 Å². The number of hydrogen-bond acceptors (Lipinski definition) is 5. The molecule has 0 radical (unpaired) electrons. The first-order valence-electron chi connectivity index (χ1n) is 7.92. The summed E-state index contributed by atoms with van der Waals surface area (Å²) in [5.41, 5.74) is 6.65. The molecule has 132 valence electrons. The molecule has 1 atom stereocenters. The largest absolute Gasteiger partial charge is 0.369 e. The molecule has 2 aromatic carbocycles. The minimum absolute atomic E-state index is 0.0627. The second-order valence-electron chi connectivity index (χ2n) is 5.50. The van der Waals surface area contributed by atoms with Gasteiger partial charge < -0.3 is 11.1 Å². The molecule has 1 aromatic heterocycles. The molecule has 3 rings (SSSR count). The van der Waals surface area contributed by atoms with Crippen LogP contribution >= 0.6 is 23.1 Å². The number of nitrogens with zero attached hydrogens (tertiary/aromatic N) is 1. The molecule has 0 spiro atoms. The zero-order valence-electron chi connectivity index (χ0n) is 13.8. The molecule has 0 aliphatic rings. The molecule has 0 saturated heterocycles. The Labute approximate surface area is 159 Å². The fourth-order valence-corrected chi connectivity index (χ4v) is 4.09. The van der Waals surface area contributed by atoms with Crippen molar-refractivity contribution in [3.63, 3.8) is 0 Å². The van der Waals surface area contributed by atoms with Crippen LogP contribution in [0.3, 0.4) is 0 Å². The molecular weight excluding hydrogens is 366 g/mol. The number of amides is 2. The molecule has 0 aliphatic carbocycles. The Morgan fingerprint density at radius 1 is 1.08 bits per heavy atom. The highest BCUT2D eigenvalue weighted by Crippen LogP contribution is 2.36. The fraction of sp³-hybridized carbons (Fsp3) is 0.105. The molecule has 1 unspecified atom stereocenters. The van der Waals surface area contributed by atoms with Crippen molar-refractivity contribution in [1.29, 1.82) is 0 Å². The maximum absolute atomic E-state index is 12.9. The number of benzene rings is 2. The summed E-state index contributed by atoms with van der Waals surface area (Å²) in [5.74, 6) is -0.611. The lowest BCUT2D eigenvalue weighted by Crippen LogP contribution is -2.19. The number of carbonyl (C=O) groups excluding carboxylic acids is 2. The molecule has 3 aromatic rings. The summed E-state index contributed by atoms with van der Waals surface area (Å²) in [6, 6.07) is 19.4. The van der Waals surface area contributed by atoms with Gasteiger partial charge in [-0.15, -0.1) is 23.1 Å². The molecule has 26 heavy (non-hydrogen) atoms. The lowest BCUT2D eigenvalue weighted by molar-refractivity contribution is -0.117. The van der Waals surface area contributed by atoms with E-state index < -0.39 is 11.2 Å². The predicted octanol–water partition coefficient (Wildman–Crippen LogP) is 3.64. The van der Waals surface area contributed by atoms with E-state index in [0.29, 0.717) is 10.8 Å². The molecule has 0 bridgehead atoms. The van der Waals surface area contributed by atoms with E-state index in [4.69, 9.17) is 5.73 Å². The van der Waals surface area contributed by atoms with Gasteiger partial charge in [-0.05, 0) is 17.7 Å². The van der Waals surface area contributed by atoms with E-state index in [9.17, 15) is 9.59 Å². The van der Waals surface area contributed by atoms with Crippen molar-refractivity contribution in [2.75, 3.05) is 5.32 Å². The number of primary amides is 1. The first-order chi connectivity index (χ1) is 12.6. The zero-order chi connectivity index (χ0) is 18.4. The van der Waals surface area contributed by atoms with E-state index in [-0.39, 0.29) is 12.3 Å². The second-order valence-corrected chi connectivity index (χ2v) is 7.53. The number of rotatable bonds is 7. The third kappa shape index (κ3) is 4.93. The van der Waals surface area contributed by atoms with E-state index >= 15 is 0 Å². The SMILES string of the molecule is NC(=O)Cc1csc(NC(=O)C(Sc2ccccc2)c2ccccc2)n1.